The van der Waals surface area contributed by atoms with E-state index in [4.69, 9.17) is 4.99 Å². The van der Waals surface area contributed by atoms with Gasteiger partial charge in [0.1, 0.15) is 0 Å². The minimum absolute atomic E-state index is 0.0337. The number of hydrogen-bond donors (Lipinski definition) is 0. The van der Waals surface area contributed by atoms with Crippen LogP contribution in [0, 0.1) is 13.8 Å². The summed E-state index contributed by atoms with van der Waals surface area (Å²) in [6.45, 7) is 9.05. The van der Waals surface area contributed by atoms with E-state index in [1.54, 1.807) is 4.90 Å². The maximum absolute atomic E-state index is 12.9. The van der Waals surface area contributed by atoms with Crippen LogP contribution in [0.25, 0.3) is 6.08 Å². The molecule has 0 N–H and O–H groups in total. The van der Waals surface area contributed by atoms with Crippen molar-refractivity contribution >= 4 is 40.3 Å². The van der Waals surface area contributed by atoms with Crippen molar-refractivity contribution in [1.82, 2.24) is 4.90 Å². The Hall–Kier alpha value is -2.53. The maximum atomic E-state index is 12.9. The summed E-state index contributed by atoms with van der Waals surface area (Å²) in [6.07, 6.45) is 4.55. The first kappa shape index (κ1) is 19.8. The van der Waals surface area contributed by atoms with Gasteiger partial charge in [-0.25, -0.2) is 4.99 Å². The second-order valence-electron chi connectivity index (χ2n) is 7.63. The van der Waals surface area contributed by atoms with Crippen molar-refractivity contribution in [3.63, 3.8) is 0 Å². The van der Waals surface area contributed by atoms with E-state index in [0.29, 0.717) is 6.54 Å². The fourth-order valence-corrected chi connectivity index (χ4v) is 4.79. The molecule has 0 radical (unpaired) electrons. The molecule has 0 bridgehead atoms. The Morgan fingerprint density at radius 3 is 2.45 bits per heavy atom. The molecule has 2 aromatic carbocycles. The van der Waals surface area contributed by atoms with E-state index in [0.717, 1.165) is 34.4 Å². The van der Waals surface area contributed by atoms with Gasteiger partial charge >= 0.3 is 0 Å². The number of thioether (sulfide) groups is 1. The normalized spacial score (nSPS) is 19.8. The van der Waals surface area contributed by atoms with Gasteiger partial charge in [0.2, 0.25) is 0 Å². The molecule has 2 aromatic rings. The zero-order valence-corrected chi connectivity index (χ0v) is 18.1. The number of amidine groups is 1. The van der Waals surface area contributed by atoms with Crippen molar-refractivity contribution in [1.29, 1.82) is 0 Å². The van der Waals surface area contributed by atoms with Crippen LogP contribution in [-0.2, 0) is 4.79 Å². The molecule has 2 aliphatic rings. The molecule has 0 saturated carbocycles. The largest absolute Gasteiger partial charge is 0.372 e. The predicted molar refractivity (Wildman–Crippen MR) is 124 cm³/mol. The van der Waals surface area contributed by atoms with Gasteiger partial charge in [0.05, 0.1) is 10.6 Å². The Morgan fingerprint density at radius 1 is 1.07 bits per heavy atom. The van der Waals surface area contributed by atoms with Gasteiger partial charge < -0.3 is 4.90 Å². The SMILES string of the molecule is CCN1C(=O)/C(=C/c2ccc(N3CCCC3)cc2C)SC1=Nc1ccc(C)cc1. The highest BCUT2D eigenvalue weighted by Gasteiger charge is 2.32. The van der Waals surface area contributed by atoms with Gasteiger partial charge in [-0.2, -0.15) is 0 Å². The number of carbonyl (C=O) groups excluding carboxylic acids is 1. The summed E-state index contributed by atoms with van der Waals surface area (Å²) in [5.41, 5.74) is 5.64. The molecule has 0 spiro atoms. The number of benzene rings is 2. The van der Waals surface area contributed by atoms with Crippen molar-refractivity contribution in [2.45, 2.75) is 33.6 Å². The smallest absolute Gasteiger partial charge is 0.266 e. The third-order valence-electron chi connectivity index (χ3n) is 5.47. The molecular weight excluding hydrogens is 378 g/mol. The molecule has 2 aliphatic heterocycles. The number of aryl methyl sites for hydroxylation is 2. The summed E-state index contributed by atoms with van der Waals surface area (Å²) in [4.78, 5) is 22.6. The molecule has 0 aliphatic carbocycles. The number of anilines is 1. The Kier molecular flexibility index (Phi) is 5.76. The second kappa shape index (κ2) is 8.46. The highest BCUT2D eigenvalue weighted by atomic mass is 32.2. The molecule has 4 nitrogen and oxygen atoms in total. The molecule has 0 aromatic heterocycles. The number of carbonyl (C=O) groups is 1. The number of amides is 1. The van der Waals surface area contributed by atoms with Crippen LogP contribution in [0.1, 0.15) is 36.5 Å². The maximum Gasteiger partial charge on any atom is 0.266 e. The van der Waals surface area contributed by atoms with Crippen LogP contribution in [0.15, 0.2) is 52.4 Å². The van der Waals surface area contributed by atoms with Crippen LogP contribution in [0.4, 0.5) is 11.4 Å². The first-order chi connectivity index (χ1) is 14.0. The molecule has 2 fully saturated rings. The first-order valence-electron chi connectivity index (χ1n) is 10.3. The second-order valence-corrected chi connectivity index (χ2v) is 8.63. The summed E-state index contributed by atoms with van der Waals surface area (Å²) < 4.78 is 0. The fourth-order valence-electron chi connectivity index (χ4n) is 3.74. The molecular formula is C24H27N3OS. The molecule has 4 rings (SSSR count). The third-order valence-corrected chi connectivity index (χ3v) is 6.48. The molecule has 5 heteroatoms. The van der Waals surface area contributed by atoms with Crippen molar-refractivity contribution in [3.8, 4) is 0 Å². The van der Waals surface area contributed by atoms with Crippen molar-refractivity contribution < 1.29 is 4.79 Å². The quantitative estimate of drug-likeness (QED) is 0.628. The van der Waals surface area contributed by atoms with Crippen molar-refractivity contribution in [2.75, 3.05) is 24.5 Å². The Balaban J connectivity index is 1.60. The van der Waals surface area contributed by atoms with E-state index in [-0.39, 0.29) is 5.91 Å². The van der Waals surface area contributed by atoms with Gasteiger partial charge in [-0.1, -0.05) is 23.8 Å². The zero-order chi connectivity index (χ0) is 20.4. The highest BCUT2D eigenvalue weighted by molar-refractivity contribution is 8.18. The van der Waals surface area contributed by atoms with Gasteiger partial charge in [-0.05, 0) is 86.8 Å². The van der Waals surface area contributed by atoms with Gasteiger partial charge in [-0.15, -0.1) is 0 Å². The van der Waals surface area contributed by atoms with Crippen LogP contribution < -0.4 is 4.90 Å². The number of aliphatic imine (C=N–C) groups is 1. The van der Waals surface area contributed by atoms with Gasteiger partial charge in [0.25, 0.3) is 5.91 Å². The number of hydrogen-bond acceptors (Lipinski definition) is 4. The Morgan fingerprint density at radius 2 is 1.79 bits per heavy atom. The Labute approximate surface area is 177 Å². The average molecular weight is 406 g/mol. The van der Waals surface area contributed by atoms with E-state index in [1.807, 2.05) is 37.3 Å². The standard InChI is InChI=1S/C24H27N3OS/c1-4-27-23(28)22(29-24(27)25-20-10-7-17(2)8-11-20)16-19-9-12-21(15-18(19)3)26-13-5-6-14-26/h7-12,15-16H,4-6,13-14H2,1-3H3/b22-16-,25-24?. The lowest BCUT2D eigenvalue weighted by Crippen LogP contribution is -2.28. The van der Waals surface area contributed by atoms with Crippen molar-refractivity contribution in [3.05, 3.63) is 64.1 Å². The summed E-state index contributed by atoms with van der Waals surface area (Å²) >= 11 is 1.46. The van der Waals surface area contributed by atoms with E-state index in [1.165, 1.54) is 41.4 Å². The minimum atomic E-state index is 0.0337. The summed E-state index contributed by atoms with van der Waals surface area (Å²) in [5.74, 6) is 0.0337. The van der Waals surface area contributed by atoms with E-state index in [2.05, 4.69) is 36.9 Å². The average Bonchev–Trinajstić information content (AvgIpc) is 3.34. The van der Waals surface area contributed by atoms with E-state index >= 15 is 0 Å². The summed E-state index contributed by atoms with van der Waals surface area (Å²) in [5, 5.41) is 0.749. The molecule has 0 unspecified atom stereocenters. The van der Waals surface area contributed by atoms with Crippen molar-refractivity contribution in [2.24, 2.45) is 4.99 Å². The van der Waals surface area contributed by atoms with Crippen LogP contribution in [-0.4, -0.2) is 35.6 Å². The monoisotopic (exact) mass is 405 g/mol. The number of nitrogens with zero attached hydrogens (tertiary/aromatic N) is 3. The van der Waals surface area contributed by atoms with Crippen LogP contribution in [0.2, 0.25) is 0 Å². The van der Waals surface area contributed by atoms with Crippen LogP contribution >= 0.6 is 11.8 Å². The molecule has 150 valence electrons. The lowest BCUT2D eigenvalue weighted by atomic mass is 10.1. The number of rotatable bonds is 4. The Bertz CT molecular complexity index is 972. The van der Waals surface area contributed by atoms with Crippen LogP contribution in [0.3, 0.4) is 0 Å². The lowest BCUT2D eigenvalue weighted by molar-refractivity contribution is -0.122. The van der Waals surface area contributed by atoms with Gasteiger partial charge in [0, 0.05) is 25.3 Å². The lowest BCUT2D eigenvalue weighted by Gasteiger charge is -2.18. The van der Waals surface area contributed by atoms with Crippen LogP contribution in [0.5, 0.6) is 0 Å². The molecule has 1 amide bonds. The highest BCUT2D eigenvalue weighted by Crippen LogP contribution is 2.35. The summed E-state index contributed by atoms with van der Waals surface area (Å²) in [6, 6.07) is 14.6. The molecule has 2 saturated heterocycles. The number of likely N-dealkylation sites (N-methyl/N-ethyl adjacent to an activating group) is 1. The van der Waals surface area contributed by atoms with Gasteiger partial charge in [-0.3, -0.25) is 9.69 Å². The van der Waals surface area contributed by atoms with Gasteiger partial charge in [0.15, 0.2) is 5.17 Å². The van der Waals surface area contributed by atoms with E-state index in [9.17, 15) is 4.79 Å². The molecule has 2 heterocycles. The summed E-state index contributed by atoms with van der Waals surface area (Å²) in [7, 11) is 0. The molecule has 29 heavy (non-hydrogen) atoms. The predicted octanol–water partition coefficient (Wildman–Crippen LogP) is 5.53. The zero-order valence-electron chi connectivity index (χ0n) is 17.3. The topological polar surface area (TPSA) is 35.9 Å². The fraction of sp³-hybridized carbons (Fsp3) is 0.333. The first-order valence-corrected chi connectivity index (χ1v) is 11.1. The third kappa shape index (κ3) is 4.25. The molecule has 0 atom stereocenters. The van der Waals surface area contributed by atoms with E-state index < -0.39 is 0 Å². The minimum Gasteiger partial charge on any atom is -0.372 e.